The number of carbonyl (C=O) groups is 2. The highest BCUT2D eigenvalue weighted by Crippen LogP contribution is 2.19. The number of ketones is 1. The number of hydrogen-bond acceptors (Lipinski definition) is 4. The quantitative estimate of drug-likeness (QED) is 0.556. The van der Waals surface area contributed by atoms with Crippen molar-refractivity contribution in [1.82, 2.24) is 9.97 Å². The highest BCUT2D eigenvalue weighted by molar-refractivity contribution is 7.99. The van der Waals surface area contributed by atoms with E-state index in [1.165, 1.54) is 18.7 Å². The van der Waals surface area contributed by atoms with Crippen LogP contribution in [0.1, 0.15) is 17.3 Å². The highest BCUT2D eigenvalue weighted by Gasteiger charge is 2.07. The predicted molar refractivity (Wildman–Crippen MR) is 91.9 cm³/mol. The Morgan fingerprint density at radius 1 is 1.13 bits per heavy atom. The zero-order valence-electron chi connectivity index (χ0n) is 12.5. The monoisotopic (exact) mass is 325 g/mol. The molecule has 2 N–H and O–H groups in total. The molecule has 0 atom stereocenters. The Morgan fingerprint density at radius 3 is 2.57 bits per heavy atom. The van der Waals surface area contributed by atoms with Gasteiger partial charge in [0, 0.05) is 11.3 Å². The number of rotatable bonds is 5. The number of imidazole rings is 1. The Balaban J connectivity index is 1.57. The molecule has 0 bridgehead atoms. The third-order valence-corrected chi connectivity index (χ3v) is 4.16. The number of nitrogens with zero attached hydrogens (tertiary/aromatic N) is 1. The second kappa shape index (κ2) is 6.66. The van der Waals surface area contributed by atoms with E-state index in [0.29, 0.717) is 16.4 Å². The minimum Gasteiger partial charge on any atom is -0.333 e. The maximum Gasteiger partial charge on any atom is 0.234 e. The fraction of sp³-hybridized carbons (Fsp3) is 0.118. The first-order valence-electron chi connectivity index (χ1n) is 7.10. The smallest absolute Gasteiger partial charge is 0.234 e. The second-order valence-corrected chi connectivity index (χ2v) is 5.99. The van der Waals surface area contributed by atoms with Crippen molar-refractivity contribution in [3.05, 3.63) is 54.1 Å². The molecule has 1 aromatic heterocycles. The molecule has 1 amide bonds. The maximum atomic E-state index is 12.0. The molecule has 3 rings (SSSR count). The lowest BCUT2D eigenvalue weighted by molar-refractivity contribution is -0.113. The Hall–Kier alpha value is -2.60. The topological polar surface area (TPSA) is 74.8 Å². The van der Waals surface area contributed by atoms with Gasteiger partial charge in [0.2, 0.25) is 5.91 Å². The van der Waals surface area contributed by atoms with Gasteiger partial charge in [-0.1, -0.05) is 23.9 Å². The van der Waals surface area contributed by atoms with Crippen molar-refractivity contribution >= 4 is 40.2 Å². The molecule has 0 fully saturated rings. The van der Waals surface area contributed by atoms with Crippen LogP contribution in [-0.4, -0.2) is 27.4 Å². The van der Waals surface area contributed by atoms with Crippen molar-refractivity contribution in [1.29, 1.82) is 0 Å². The van der Waals surface area contributed by atoms with Crippen LogP contribution in [0.4, 0.5) is 5.69 Å². The van der Waals surface area contributed by atoms with Gasteiger partial charge in [-0.3, -0.25) is 9.59 Å². The Bertz CT molecular complexity index is 823. The molecular weight excluding hydrogens is 310 g/mol. The molecule has 0 spiro atoms. The number of H-pyrrole nitrogens is 1. The number of anilines is 1. The third-order valence-electron chi connectivity index (χ3n) is 3.28. The molecule has 0 saturated heterocycles. The van der Waals surface area contributed by atoms with Gasteiger partial charge in [-0.25, -0.2) is 4.98 Å². The van der Waals surface area contributed by atoms with Crippen molar-refractivity contribution in [3.8, 4) is 0 Å². The summed E-state index contributed by atoms with van der Waals surface area (Å²) in [4.78, 5) is 30.8. The first kappa shape index (κ1) is 15.3. The third kappa shape index (κ3) is 3.78. The van der Waals surface area contributed by atoms with Crippen LogP contribution in [0.5, 0.6) is 0 Å². The van der Waals surface area contributed by atoms with Gasteiger partial charge in [0.15, 0.2) is 10.9 Å². The Labute approximate surface area is 137 Å². The number of para-hydroxylation sites is 2. The van der Waals surface area contributed by atoms with Crippen molar-refractivity contribution in [2.45, 2.75) is 12.1 Å². The number of nitrogens with one attached hydrogen (secondary N) is 2. The number of thioether (sulfide) groups is 1. The summed E-state index contributed by atoms with van der Waals surface area (Å²) in [6, 6.07) is 14.6. The van der Waals surface area contributed by atoms with Crippen LogP contribution in [0.3, 0.4) is 0 Å². The van der Waals surface area contributed by atoms with Gasteiger partial charge >= 0.3 is 0 Å². The molecule has 6 heteroatoms. The first-order chi connectivity index (χ1) is 11.1. The Kier molecular flexibility index (Phi) is 4.43. The molecule has 1 heterocycles. The molecule has 0 aliphatic rings. The fourth-order valence-corrected chi connectivity index (χ4v) is 2.80. The summed E-state index contributed by atoms with van der Waals surface area (Å²) in [7, 11) is 0. The number of aromatic amines is 1. The molecule has 0 saturated carbocycles. The first-order valence-corrected chi connectivity index (χ1v) is 8.09. The summed E-state index contributed by atoms with van der Waals surface area (Å²) in [6.07, 6.45) is 0. The van der Waals surface area contributed by atoms with Crippen LogP contribution in [-0.2, 0) is 4.79 Å². The second-order valence-electron chi connectivity index (χ2n) is 5.03. The van der Waals surface area contributed by atoms with Crippen molar-refractivity contribution in [2.24, 2.45) is 0 Å². The van der Waals surface area contributed by atoms with Gasteiger partial charge in [0.1, 0.15) is 0 Å². The van der Waals surface area contributed by atoms with Crippen LogP contribution < -0.4 is 5.32 Å². The number of fused-ring (bicyclic) bond motifs is 1. The van der Waals surface area contributed by atoms with Crippen molar-refractivity contribution in [3.63, 3.8) is 0 Å². The fourth-order valence-electron chi connectivity index (χ4n) is 2.12. The zero-order valence-corrected chi connectivity index (χ0v) is 13.3. The van der Waals surface area contributed by atoms with Gasteiger partial charge in [-0.15, -0.1) is 0 Å². The average Bonchev–Trinajstić information content (AvgIpc) is 2.96. The maximum absolute atomic E-state index is 12.0. The summed E-state index contributed by atoms with van der Waals surface area (Å²) < 4.78 is 0. The minimum atomic E-state index is -0.119. The lowest BCUT2D eigenvalue weighted by Gasteiger charge is -2.04. The van der Waals surface area contributed by atoms with Crippen LogP contribution in [0, 0.1) is 0 Å². The SMILES string of the molecule is CC(=O)c1ccc(NC(=O)CSc2nc3ccccc3[nH]2)cc1. The van der Waals surface area contributed by atoms with E-state index in [2.05, 4.69) is 15.3 Å². The number of hydrogen-bond donors (Lipinski definition) is 2. The van der Waals surface area contributed by atoms with Gasteiger partial charge < -0.3 is 10.3 Å². The minimum absolute atomic E-state index is 0.00307. The van der Waals surface area contributed by atoms with E-state index in [1.807, 2.05) is 24.3 Å². The van der Waals surface area contributed by atoms with E-state index in [4.69, 9.17) is 0 Å². The zero-order chi connectivity index (χ0) is 16.2. The molecule has 116 valence electrons. The number of aromatic nitrogens is 2. The normalized spacial score (nSPS) is 10.7. The summed E-state index contributed by atoms with van der Waals surface area (Å²) in [5.74, 6) is 0.142. The standard InChI is InChI=1S/C17H15N3O2S/c1-11(21)12-6-8-13(9-7-12)18-16(22)10-23-17-19-14-4-2-3-5-15(14)20-17/h2-9H,10H2,1H3,(H,18,22)(H,19,20). The Morgan fingerprint density at radius 2 is 1.87 bits per heavy atom. The van der Waals surface area contributed by atoms with Gasteiger partial charge in [-0.05, 0) is 43.3 Å². The molecule has 0 aliphatic carbocycles. The summed E-state index contributed by atoms with van der Waals surface area (Å²) in [6.45, 7) is 1.51. The molecule has 2 aromatic carbocycles. The number of Topliss-reactive ketones (excluding diaryl/α,β-unsaturated/α-hetero) is 1. The van der Waals surface area contributed by atoms with Gasteiger partial charge in [-0.2, -0.15) is 0 Å². The van der Waals surface area contributed by atoms with Crippen LogP contribution >= 0.6 is 11.8 Å². The molecule has 23 heavy (non-hydrogen) atoms. The number of amides is 1. The van der Waals surface area contributed by atoms with Gasteiger partial charge in [0.05, 0.1) is 16.8 Å². The summed E-state index contributed by atoms with van der Waals surface area (Å²) in [5, 5.41) is 3.52. The van der Waals surface area contributed by atoms with E-state index in [9.17, 15) is 9.59 Å². The molecule has 0 radical (unpaired) electrons. The molecule has 0 unspecified atom stereocenters. The van der Waals surface area contributed by atoms with Crippen LogP contribution in [0.2, 0.25) is 0 Å². The average molecular weight is 325 g/mol. The largest absolute Gasteiger partial charge is 0.333 e. The van der Waals surface area contributed by atoms with E-state index in [1.54, 1.807) is 24.3 Å². The van der Waals surface area contributed by atoms with Crippen LogP contribution in [0.25, 0.3) is 11.0 Å². The summed E-state index contributed by atoms with van der Waals surface area (Å²) in [5.41, 5.74) is 3.13. The lowest BCUT2D eigenvalue weighted by Crippen LogP contribution is -2.14. The van der Waals surface area contributed by atoms with E-state index >= 15 is 0 Å². The van der Waals surface area contributed by atoms with Crippen molar-refractivity contribution in [2.75, 3.05) is 11.1 Å². The molecular formula is C17H15N3O2S. The molecule has 3 aromatic rings. The van der Waals surface area contributed by atoms with Gasteiger partial charge in [0.25, 0.3) is 0 Å². The number of benzene rings is 2. The lowest BCUT2D eigenvalue weighted by atomic mass is 10.1. The van der Waals surface area contributed by atoms with E-state index in [0.717, 1.165) is 11.0 Å². The van der Waals surface area contributed by atoms with E-state index in [-0.39, 0.29) is 17.4 Å². The number of carbonyl (C=O) groups excluding carboxylic acids is 2. The van der Waals surface area contributed by atoms with E-state index < -0.39 is 0 Å². The van der Waals surface area contributed by atoms with Crippen molar-refractivity contribution < 1.29 is 9.59 Å². The predicted octanol–water partition coefficient (Wildman–Crippen LogP) is 3.50. The molecule has 5 nitrogen and oxygen atoms in total. The highest BCUT2D eigenvalue weighted by atomic mass is 32.2. The van der Waals surface area contributed by atoms with Crippen LogP contribution in [0.15, 0.2) is 53.7 Å². The molecule has 0 aliphatic heterocycles. The summed E-state index contributed by atoms with van der Waals surface area (Å²) >= 11 is 1.35.